The van der Waals surface area contributed by atoms with Crippen LogP contribution in [0.3, 0.4) is 0 Å². The molecule has 0 saturated carbocycles. The number of anilines is 1. The fraction of sp³-hybridized carbons (Fsp3) is 0.462. The van der Waals surface area contributed by atoms with E-state index in [4.69, 9.17) is 9.72 Å². The van der Waals surface area contributed by atoms with Gasteiger partial charge in [-0.1, -0.05) is 6.42 Å². The number of nitrogens with zero attached hydrogens (tertiary/aromatic N) is 4. The molecule has 3 aliphatic rings. The number of rotatable bonds is 3. The van der Waals surface area contributed by atoms with E-state index >= 15 is 0 Å². The number of aliphatic hydroxyl groups is 1. The Morgan fingerprint density at radius 3 is 2.67 bits per heavy atom. The van der Waals surface area contributed by atoms with Crippen molar-refractivity contribution in [1.82, 2.24) is 19.3 Å². The van der Waals surface area contributed by atoms with Crippen molar-refractivity contribution in [2.24, 2.45) is 0 Å². The number of piperidine rings is 2. The highest BCUT2D eigenvalue weighted by Gasteiger charge is 2.36. The number of fused-ring (bicyclic) bond motifs is 4. The second-order valence-electron chi connectivity index (χ2n) is 9.86. The standard InChI is InChI=1S/C26H31N5O2/c1-15-13-31-14-23(29-25(31)16(2)27-15)22-9-17-7-8-18(12-24(17)33-26(22)32)28-19-10-20-5-4-6-21(11-19)30(20)3/h7-9,12-14,19-21,26,28,32H,4-6,10-11H2,1-3H3/t19-,20-,21+,26?. The van der Waals surface area contributed by atoms with E-state index in [1.165, 1.54) is 32.1 Å². The summed E-state index contributed by atoms with van der Waals surface area (Å²) >= 11 is 0. The van der Waals surface area contributed by atoms with Crippen LogP contribution in [0, 0.1) is 13.8 Å². The molecule has 0 aliphatic carbocycles. The Hall–Kier alpha value is -2.90. The molecule has 1 unspecified atom stereocenters. The van der Waals surface area contributed by atoms with Crippen LogP contribution in [0.2, 0.25) is 0 Å². The number of hydrogen-bond acceptors (Lipinski definition) is 6. The second kappa shape index (κ2) is 7.85. The minimum atomic E-state index is -1.06. The van der Waals surface area contributed by atoms with Crippen LogP contribution in [0.5, 0.6) is 5.75 Å². The average Bonchev–Trinajstić information content (AvgIpc) is 3.18. The SMILES string of the molecule is Cc1cn2cc(C3=Cc4ccc(N[C@@H]5C[C@H]6CCC[C@@H](C5)N6C)cc4OC3O)nc2c(C)n1. The first-order chi connectivity index (χ1) is 15.9. The third kappa shape index (κ3) is 3.69. The Balaban J connectivity index is 1.25. The van der Waals surface area contributed by atoms with Crippen molar-refractivity contribution in [3.63, 3.8) is 0 Å². The van der Waals surface area contributed by atoms with Gasteiger partial charge >= 0.3 is 0 Å². The maximum atomic E-state index is 10.8. The number of aryl methyl sites for hydroxylation is 2. The highest BCUT2D eigenvalue weighted by atomic mass is 16.6. The van der Waals surface area contributed by atoms with E-state index in [2.05, 4.69) is 34.4 Å². The minimum absolute atomic E-state index is 0.479. The number of aromatic nitrogens is 3. The van der Waals surface area contributed by atoms with Crippen molar-refractivity contribution in [2.75, 3.05) is 12.4 Å². The lowest BCUT2D eigenvalue weighted by atomic mass is 9.82. The number of benzene rings is 1. The molecule has 0 amide bonds. The van der Waals surface area contributed by atoms with Gasteiger partial charge in [0.1, 0.15) is 5.75 Å². The van der Waals surface area contributed by atoms with Gasteiger partial charge in [-0.15, -0.1) is 0 Å². The van der Waals surface area contributed by atoms with Crippen molar-refractivity contribution < 1.29 is 9.84 Å². The van der Waals surface area contributed by atoms with Crippen LogP contribution >= 0.6 is 0 Å². The van der Waals surface area contributed by atoms with Gasteiger partial charge in [0.2, 0.25) is 6.29 Å². The van der Waals surface area contributed by atoms with E-state index in [0.29, 0.717) is 35.1 Å². The maximum absolute atomic E-state index is 10.8. The van der Waals surface area contributed by atoms with E-state index in [9.17, 15) is 5.11 Å². The largest absolute Gasteiger partial charge is 0.460 e. The van der Waals surface area contributed by atoms with Crippen LogP contribution in [0.1, 0.15) is 54.7 Å². The molecule has 1 aromatic carbocycles. The van der Waals surface area contributed by atoms with E-state index in [0.717, 1.165) is 28.3 Å². The quantitative estimate of drug-likeness (QED) is 0.634. The summed E-state index contributed by atoms with van der Waals surface area (Å²) in [5.74, 6) is 0.696. The fourth-order valence-corrected chi connectivity index (χ4v) is 5.88. The van der Waals surface area contributed by atoms with E-state index in [1.54, 1.807) is 0 Å². The predicted octanol–water partition coefficient (Wildman–Crippen LogP) is 4.02. The van der Waals surface area contributed by atoms with Gasteiger partial charge in [0.05, 0.1) is 17.1 Å². The Morgan fingerprint density at radius 1 is 1.09 bits per heavy atom. The van der Waals surface area contributed by atoms with Gasteiger partial charge < -0.3 is 24.5 Å². The molecule has 2 fully saturated rings. The first-order valence-corrected chi connectivity index (χ1v) is 12.0. The minimum Gasteiger partial charge on any atom is -0.460 e. The number of imidazole rings is 1. The molecule has 6 rings (SSSR count). The molecule has 2 bridgehead atoms. The lowest BCUT2D eigenvalue weighted by Gasteiger charge is -2.47. The highest BCUT2D eigenvalue weighted by Crippen LogP contribution is 2.37. The molecular formula is C26H31N5O2. The Labute approximate surface area is 194 Å². The molecule has 2 aromatic heterocycles. The van der Waals surface area contributed by atoms with Crippen LogP contribution in [0.15, 0.2) is 30.6 Å². The van der Waals surface area contributed by atoms with Gasteiger partial charge in [0.15, 0.2) is 5.65 Å². The highest BCUT2D eigenvalue weighted by molar-refractivity contribution is 5.86. The summed E-state index contributed by atoms with van der Waals surface area (Å²) in [5.41, 5.74) is 5.94. The van der Waals surface area contributed by atoms with Crippen LogP contribution in [0.25, 0.3) is 17.3 Å². The third-order valence-corrected chi connectivity index (χ3v) is 7.56. The van der Waals surface area contributed by atoms with E-state index < -0.39 is 6.29 Å². The van der Waals surface area contributed by atoms with Crippen molar-refractivity contribution in [2.45, 2.75) is 70.4 Å². The van der Waals surface area contributed by atoms with Crippen LogP contribution in [0.4, 0.5) is 5.69 Å². The van der Waals surface area contributed by atoms with Crippen LogP contribution in [-0.4, -0.2) is 55.8 Å². The molecule has 7 nitrogen and oxygen atoms in total. The van der Waals surface area contributed by atoms with Crippen molar-refractivity contribution in [3.8, 4) is 5.75 Å². The van der Waals surface area contributed by atoms with E-state index in [-0.39, 0.29) is 0 Å². The summed E-state index contributed by atoms with van der Waals surface area (Å²) in [4.78, 5) is 11.8. The number of nitrogens with one attached hydrogen (secondary N) is 1. The first kappa shape index (κ1) is 20.7. The molecule has 4 atom stereocenters. The summed E-state index contributed by atoms with van der Waals surface area (Å²) in [6.45, 7) is 3.91. The molecule has 2 saturated heterocycles. The van der Waals surface area contributed by atoms with Gasteiger partial charge in [-0.05, 0) is 64.8 Å². The summed E-state index contributed by atoms with van der Waals surface area (Å²) in [6.07, 6.45) is 11.1. The molecule has 7 heteroatoms. The number of aliphatic hydroxyl groups excluding tert-OH is 1. The average molecular weight is 446 g/mol. The smallest absolute Gasteiger partial charge is 0.226 e. The Kier molecular flexibility index (Phi) is 4.92. The van der Waals surface area contributed by atoms with Gasteiger partial charge in [-0.3, -0.25) is 4.98 Å². The summed E-state index contributed by atoms with van der Waals surface area (Å²) in [7, 11) is 2.28. The summed E-state index contributed by atoms with van der Waals surface area (Å²) < 4.78 is 7.90. The van der Waals surface area contributed by atoms with Crippen LogP contribution in [-0.2, 0) is 0 Å². The van der Waals surface area contributed by atoms with Crippen molar-refractivity contribution in [3.05, 3.63) is 53.2 Å². The number of hydrogen-bond donors (Lipinski definition) is 2. The molecule has 5 heterocycles. The normalized spacial score (nSPS) is 27.1. The third-order valence-electron chi connectivity index (χ3n) is 7.56. The van der Waals surface area contributed by atoms with Gasteiger partial charge in [0, 0.05) is 53.4 Å². The molecule has 3 aromatic rings. The lowest BCUT2D eigenvalue weighted by Crippen LogP contribution is -2.52. The summed E-state index contributed by atoms with van der Waals surface area (Å²) in [6, 6.07) is 8.04. The van der Waals surface area contributed by atoms with E-state index in [1.807, 2.05) is 42.8 Å². The molecule has 33 heavy (non-hydrogen) atoms. The Bertz CT molecular complexity index is 1230. The zero-order valence-electron chi connectivity index (χ0n) is 19.5. The van der Waals surface area contributed by atoms with Crippen molar-refractivity contribution >= 4 is 23.0 Å². The second-order valence-corrected chi connectivity index (χ2v) is 9.86. The zero-order chi connectivity index (χ0) is 22.7. The molecule has 2 N–H and O–H groups in total. The molecule has 0 radical (unpaired) electrons. The van der Waals surface area contributed by atoms with Crippen LogP contribution < -0.4 is 10.1 Å². The zero-order valence-corrected chi connectivity index (χ0v) is 19.5. The maximum Gasteiger partial charge on any atom is 0.226 e. The topological polar surface area (TPSA) is 74.9 Å². The van der Waals surface area contributed by atoms with Gasteiger partial charge in [-0.25, -0.2) is 4.98 Å². The first-order valence-electron chi connectivity index (χ1n) is 12.0. The fourth-order valence-electron chi connectivity index (χ4n) is 5.88. The summed E-state index contributed by atoms with van der Waals surface area (Å²) in [5, 5.41) is 14.5. The molecule has 3 aliphatic heterocycles. The Morgan fingerprint density at radius 2 is 1.88 bits per heavy atom. The molecule has 0 spiro atoms. The van der Waals surface area contributed by atoms with Crippen molar-refractivity contribution in [1.29, 1.82) is 0 Å². The molecular weight excluding hydrogens is 414 g/mol. The van der Waals surface area contributed by atoms with Gasteiger partial charge in [0.25, 0.3) is 0 Å². The molecule has 172 valence electrons. The monoisotopic (exact) mass is 445 g/mol. The lowest BCUT2D eigenvalue weighted by molar-refractivity contribution is 0.0318. The predicted molar refractivity (Wildman–Crippen MR) is 129 cm³/mol. The van der Waals surface area contributed by atoms with Gasteiger partial charge in [-0.2, -0.15) is 0 Å². The number of ether oxygens (including phenoxy) is 1.